The van der Waals surface area contributed by atoms with Gasteiger partial charge in [-0.3, -0.25) is 0 Å². The summed E-state index contributed by atoms with van der Waals surface area (Å²) in [7, 11) is 1.18. The molecule has 0 spiro atoms. The molecule has 0 atom stereocenters. The minimum Gasteiger partial charge on any atom is -0.496 e. The topological polar surface area (TPSA) is 61.0 Å². The van der Waals surface area contributed by atoms with Crippen LogP contribution >= 0.6 is 0 Å². The van der Waals surface area contributed by atoms with E-state index >= 15 is 0 Å². The number of aromatic nitrogens is 2. The lowest BCUT2D eigenvalue weighted by Gasteiger charge is -2.13. The van der Waals surface area contributed by atoms with Gasteiger partial charge in [0.05, 0.1) is 12.7 Å². The molecule has 0 aliphatic heterocycles. The van der Waals surface area contributed by atoms with Crippen molar-refractivity contribution < 1.29 is 17.9 Å². The van der Waals surface area contributed by atoms with E-state index in [0.29, 0.717) is 0 Å². The molecule has 1 aromatic heterocycles. The molecule has 4 nitrogen and oxygen atoms in total. The fourth-order valence-corrected chi connectivity index (χ4v) is 1.58. The summed E-state index contributed by atoms with van der Waals surface area (Å²) in [6.45, 7) is 0. The van der Waals surface area contributed by atoms with Crippen molar-refractivity contribution in [1.82, 2.24) is 9.97 Å². The summed E-state index contributed by atoms with van der Waals surface area (Å²) in [6, 6.07) is 5.07. The standard InChI is InChI=1S/C12H10F3N3O/c1-19-9-3-2-7(6-8(9)12(13,14)15)11-17-5-4-10(16)18-11/h2-6H,1H3,(H2,16,17,18). The average molecular weight is 269 g/mol. The molecule has 0 fully saturated rings. The first kappa shape index (κ1) is 13.1. The number of nitrogens with two attached hydrogens (primary N) is 1. The zero-order chi connectivity index (χ0) is 14.0. The largest absolute Gasteiger partial charge is 0.496 e. The molecule has 100 valence electrons. The van der Waals surface area contributed by atoms with E-state index in [1.54, 1.807) is 0 Å². The van der Waals surface area contributed by atoms with Crippen LogP contribution in [0.3, 0.4) is 0 Å². The first-order chi connectivity index (χ1) is 8.91. The fourth-order valence-electron chi connectivity index (χ4n) is 1.58. The number of ether oxygens (including phenoxy) is 1. The van der Waals surface area contributed by atoms with Gasteiger partial charge in [0.15, 0.2) is 5.82 Å². The maximum atomic E-state index is 12.9. The number of hydrogen-bond acceptors (Lipinski definition) is 4. The highest BCUT2D eigenvalue weighted by atomic mass is 19.4. The smallest absolute Gasteiger partial charge is 0.419 e. The molecule has 0 aliphatic carbocycles. The molecule has 7 heteroatoms. The molecule has 2 aromatic rings. The van der Waals surface area contributed by atoms with Crippen LogP contribution in [0.4, 0.5) is 19.0 Å². The minimum absolute atomic E-state index is 0.133. The zero-order valence-electron chi connectivity index (χ0n) is 9.90. The molecule has 19 heavy (non-hydrogen) atoms. The van der Waals surface area contributed by atoms with Gasteiger partial charge in [-0.1, -0.05) is 0 Å². The van der Waals surface area contributed by atoms with Gasteiger partial charge in [-0.15, -0.1) is 0 Å². The number of halogens is 3. The van der Waals surface area contributed by atoms with E-state index < -0.39 is 11.7 Å². The van der Waals surface area contributed by atoms with Gasteiger partial charge in [0.25, 0.3) is 0 Å². The number of nitrogens with zero attached hydrogens (tertiary/aromatic N) is 2. The Hall–Kier alpha value is -2.31. The molecule has 2 N–H and O–H groups in total. The highest BCUT2D eigenvalue weighted by Crippen LogP contribution is 2.38. The molecule has 0 radical (unpaired) electrons. The summed E-state index contributed by atoms with van der Waals surface area (Å²) >= 11 is 0. The van der Waals surface area contributed by atoms with Crippen LogP contribution in [0.5, 0.6) is 5.75 Å². The Bertz CT molecular complexity index is 599. The second-order valence-electron chi connectivity index (χ2n) is 3.72. The summed E-state index contributed by atoms with van der Waals surface area (Å²) in [5.74, 6) is 0.0719. The van der Waals surface area contributed by atoms with E-state index in [2.05, 4.69) is 9.97 Å². The average Bonchev–Trinajstić information content (AvgIpc) is 2.37. The zero-order valence-corrected chi connectivity index (χ0v) is 9.90. The predicted molar refractivity (Wildman–Crippen MR) is 63.4 cm³/mol. The van der Waals surface area contributed by atoms with Gasteiger partial charge >= 0.3 is 6.18 Å². The van der Waals surface area contributed by atoms with Crippen molar-refractivity contribution in [2.24, 2.45) is 0 Å². The number of rotatable bonds is 2. The van der Waals surface area contributed by atoms with Crippen LogP contribution in [0.25, 0.3) is 11.4 Å². The first-order valence-corrected chi connectivity index (χ1v) is 5.26. The van der Waals surface area contributed by atoms with Crippen LogP contribution in [0.1, 0.15) is 5.56 Å². The van der Waals surface area contributed by atoms with Crippen molar-refractivity contribution >= 4 is 5.82 Å². The van der Waals surface area contributed by atoms with E-state index in [0.717, 1.165) is 6.07 Å². The lowest BCUT2D eigenvalue weighted by atomic mass is 10.1. The molecule has 0 bridgehead atoms. The molecule has 0 amide bonds. The number of methoxy groups -OCH3 is 1. The SMILES string of the molecule is COc1ccc(-c2nccc(N)n2)cc1C(F)(F)F. The predicted octanol–water partition coefficient (Wildman–Crippen LogP) is 2.75. The number of benzene rings is 1. The molecule has 0 unspecified atom stereocenters. The summed E-state index contributed by atoms with van der Waals surface area (Å²) in [4.78, 5) is 7.77. The molecule has 0 saturated carbocycles. The van der Waals surface area contributed by atoms with Crippen molar-refractivity contribution in [3.8, 4) is 17.1 Å². The maximum Gasteiger partial charge on any atom is 0.419 e. The van der Waals surface area contributed by atoms with Gasteiger partial charge in [0, 0.05) is 11.8 Å². The Morgan fingerprint density at radius 3 is 2.53 bits per heavy atom. The highest BCUT2D eigenvalue weighted by Gasteiger charge is 2.34. The van der Waals surface area contributed by atoms with Crippen molar-refractivity contribution in [2.45, 2.75) is 6.18 Å². The Kier molecular flexibility index (Phi) is 3.28. The monoisotopic (exact) mass is 269 g/mol. The molecule has 0 saturated heterocycles. The number of hydrogen-bond donors (Lipinski definition) is 1. The van der Waals surface area contributed by atoms with Crippen LogP contribution in [0.2, 0.25) is 0 Å². The number of anilines is 1. The quantitative estimate of drug-likeness (QED) is 0.910. The lowest BCUT2D eigenvalue weighted by molar-refractivity contribution is -0.138. The Morgan fingerprint density at radius 2 is 1.95 bits per heavy atom. The van der Waals surface area contributed by atoms with Gasteiger partial charge < -0.3 is 10.5 Å². The van der Waals surface area contributed by atoms with Crippen molar-refractivity contribution in [1.29, 1.82) is 0 Å². The number of nitrogen functional groups attached to an aromatic ring is 1. The molecule has 0 aliphatic rings. The minimum atomic E-state index is -4.51. The van der Waals surface area contributed by atoms with Crippen LogP contribution in [0, 0.1) is 0 Å². The van der Waals surface area contributed by atoms with Crippen molar-refractivity contribution in [2.75, 3.05) is 12.8 Å². The lowest BCUT2D eigenvalue weighted by Crippen LogP contribution is -2.08. The van der Waals surface area contributed by atoms with E-state index in [1.807, 2.05) is 0 Å². The van der Waals surface area contributed by atoms with Gasteiger partial charge in [-0.2, -0.15) is 13.2 Å². The summed E-state index contributed by atoms with van der Waals surface area (Å²) in [5.41, 5.74) is 4.82. The van der Waals surface area contributed by atoms with E-state index in [9.17, 15) is 13.2 Å². The van der Waals surface area contributed by atoms with Crippen LogP contribution in [0.15, 0.2) is 30.5 Å². The van der Waals surface area contributed by atoms with Crippen LogP contribution < -0.4 is 10.5 Å². The van der Waals surface area contributed by atoms with Crippen LogP contribution in [-0.2, 0) is 6.18 Å². The van der Waals surface area contributed by atoms with E-state index in [4.69, 9.17) is 10.5 Å². The highest BCUT2D eigenvalue weighted by molar-refractivity contribution is 5.60. The third kappa shape index (κ3) is 2.75. The number of alkyl halides is 3. The first-order valence-electron chi connectivity index (χ1n) is 5.26. The molecular weight excluding hydrogens is 259 g/mol. The Morgan fingerprint density at radius 1 is 1.21 bits per heavy atom. The molecule has 1 aromatic carbocycles. The summed E-state index contributed by atoms with van der Waals surface area (Å²) < 4.78 is 43.3. The normalized spacial score (nSPS) is 11.4. The van der Waals surface area contributed by atoms with Crippen LogP contribution in [-0.4, -0.2) is 17.1 Å². The summed E-state index contributed by atoms with van der Waals surface area (Å²) in [6.07, 6.45) is -3.13. The van der Waals surface area contributed by atoms with Gasteiger partial charge in [-0.05, 0) is 24.3 Å². The Labute approximate surface area is 107 Å². The molecule has 2 rings (SSSR count). The van der Waals surface area contributed by atoms with Crippen molar-refractivity contribution in [3.05, 3.63) is 36.0 Å². The van der Waals surface area contributed by atoms with Gasteiger partial charge in [0.1, 0.15) is 11.6 Å². The van der Waals surface area contributed by atoms with Gasteiger partial charge in [0.2, 0.25) is 0 Å². The summed E-state index contributed by atoms with van der Waals surface area (Å²) in [5, 5.41) is 0. The molecular formula is C12H10F3N3O. The third-order valence-corrected chi connectivity index (χ3v) is 2.44. The second-order valence-corrected chi connectivity index (χ2v) is 3.72. The fraction of sp³-hybridized carbons (Fsp3) is 0.167. The van der Waals surface area contributed by atoms with Gasteiger partial charge in [-0.25, -0.2) is 9.97 Å². The third-order valence-electron chi connectivity index (χ3n) is 2.44. The Balaban J connectivity index is 2.55. The van der Waals surface area contributed by atoms with Crippen molar-refractivity contribution in [3.63, 3.8) is 0 Å². The molecule has 1 heterocycles. The van der Waals surface area contributed by atoms with E-state index in [-0.39, 0.29) is 23.0 Å². The maximum absolute atomic E-state index is 12.9. The second kappa shape index (κ2) is 4.75. The van der Waals surface area contributed by atoms with E-state index in [1.165, 1.54) is 31.5 Å².